The summed E-state index contributed by atoms with van der Waals surface area (Å²) in [6, 6.07) is 13.5. The Morgan fingerprint density at radius 3 is 2.46 bits per heavy atom. The standard InChI is InChI=1S/C22H26N4O2/c1-2-13-25-19-9-3-4-10-20(19)26(22(25)28)15-12-21(27)24-14-6-7-16-17(23)8-5-11-18(16)24/h3-5,8-11H,2,6-7,12-15,23H2,1H3. The Hall–Kier alpha value is -3.02. The highest BCUT2D eigenvalue weighted by molar-refractivity contribution is 5.95. The number of aryl methyl sites for hydroxylation is 2. The van der Waals surface area contributed by atoms with Gasteiger partial charge < -0.3 is 10.6 Å². The minimum absolute atomic E-state index is 0.0331. The number of amides is 1. The van der Waals surface area contributed by atoms with Crippen LogP contribution in [0.1, 0.15) is 31.7 Å². The first kappa shape index (κ1) is 18.3. The van der Waals surface area contributed by atoms with Gasteiger partial charge in [0.2, 0.25) is 5.91 Å². The van der Waals surface area contributed by atoms with Crippen LogP contribution in [-0.2, 0) is 24.3 Å². The number of para-hydroxylation sites is 2. The molecule has 6 heteroatoms. The average molecular weight is 378 g/mol. The summed E-state index contributed by atoms with van der Waals surface area (Å²) >= 11 is 0. The summed E-state index contributed by atoms with van der Waals surface area (Å²) in [5.74, 6) is 0.0331. The zero-order chi connectivity index (χ0) is 19.7. The fraction of sp³-hybridized carbons (Fsp3) is 0.364. The maximum Gasteiger partial charge on any atom is 0.329 e. The van der Waals surface area contributed by atoms with Crippen LogP contribution in [0.3, 0.4) is 0 Å². The van der Waals surface area contributed by atoms with Crippen molar-refractivity contribution in [3.05, 3.63) is 58.5 Å². The van der Waals surface area contributed by atoms with Gasteiger partial charge in [-0.2, -0.15) is 0 Å². The van der Waals surface area contributed by atoms with E-state index in [0.717, 1.165) is 47.2 Å². The van der Waals surface area contributed by atoms with E-state index >= 15 is 0 Å². The molecule has 6 nitrogen and oxygen atoms in total. The summed E-state index contributed by atoms with van der Waals surface area (Å²) in [6.07, 6.45) is 2.98. The third kappa shape index (κ3) is 3.09. The topological polar surface area (TPSA) is 73.3 Å². The van der Waals surface area contributed by atoms with Crippen LogP contribution >= 0.6 is 0 Å². The van der Waals surface area contributed by atoms with Crippen LogP contribution < -0.4 is 16.3 Å². The number of carbonyl (C=O) groups excluding carboxylic acids is 1. The minimum atomic E-state index is -0.0425. The molecule has 28 heavy (non-hydrogen) atoms. The number of hydrogen-bond donors (Lipinski definition) is 1. The maximum atomic E-state index is 13.0. The van der Waals surface area contributed by atoms with Crippen LogP contribution in [0.15, 0.2) is 47.3 Å². The number of nitrogens with zero attached hydrogens (tertiary/aromatic N) is 3. The first-order valence-electron chi connectivity index (χ1n) is 9.97. The Kier molecular flexibility index (Phi) is 4.94. The lowest BCUT2D eigenvalue weighted by Gasteiger charge is -2.30. The van der Waals surface area contributed by atoms with Crippen molar-refractivity contribution >= 4 is 28.3 Å². The Labute approximate surface area is 164 Å². The highest BCUT2D eigenvalue weighted by Crippen LogP contribution is 2.31. The molecule has 1 aromatic heterocycles. The van der Waals surface area contributed by atoms with Crippen molar-refractivity contribution in [3.63, 3.8) is 0 Å². The predicted octanol–water partition coefficient (Wildman–Crippen LogP) is 3.16. The quantitative estimate of drug-likeness (QED) is 0.693. The SMILES string of the molecule is CCCn1c(=O)n(CCC(=O)N2CCCc3c(N)cccc32)c2ccccc21. The van der Waals surface area contributed by atoms with Crippen LogP contribution in [0.25, 0.3) is 11.0 Å². The number of hydrogen-bond acceptors (Lipinski definition) is 3. The van der Waals surface area contributed by atoms with Gasteiger partial charge in [-0.15, -0.1) is 0 Å². The lowest BCUT2D eigenvalue weighted by molar-refractivity contribution is -0.118. The number of aromatic nitrogens is 2. The van der Waals surface area contributed by atoms with Crippen molar-refractivity contribution in [2.75, 3.05) is 17.2 Å². The van der Waals surface area contributed by atoms with E-state index in [1.54, 1.807) is 9.13 Å². The number of nitrogen functional groups attached to an aromatic ring is 1. The van der Waals surface area contributed by atoms with E-state index in [-0.39, 0.29) is 18.0 Å². The van der Waals surface area contributed by atoms with Crippen LogP contribution in [0.4, 0.5) is 11.4 Å². The van der Waals surface area contributed by atoms with Crippen LogP contribution in [0.2, 0.25) is 0 Å². The van der Waals surface area contributed by atoms with Gasteiger partial charge in [-0.3, -0.25) is 13.9 Å². The highest BCUT2D eigenvalue weighted by Gasteiger charge is 2.24. The van der Waals surface area contributed by atoms with Gasteiger partial charge in [0, 0.05) is 37.4 Å². The molecule has 146 valence electrons. The third-order valence-corrected chi connectivity index (χ3v) is 5.51. The van der Waals surface area contributed by atoms with E-state index in [2.05, 4.69) is 6.92 Å². The molecule has 1 aliphatic rings. The molecule has 0 saturated carbocycles. The monoisotopic (exact) mass is 378 g/mol. The second-order valence-electron chi connectivity index (χ2n) is 7.32. The molecule has 4 rings (SSSR count). The van der Waals surface area contributed by atoms with E-state index in [1.807, 2.05) is 47.4 Å². The second-order valence-corrected chi connectivity index (χ2v) is 7.32. The number of benzene rings is 2. The molecule has 0 atom stereocenters. The number of carbonyl (C=O) groups is 1. The number of nitrogens with two attached hydrogens (primary N) is 1. The predicted molar refractivity (Wildman–Crippen MR) is 113 cm³/mol. The Balaban J connectivity index is 1.60. The van der Waals surface area contributed by atoms with Gasteiger partial charge in [0.05, 0.1) is 11.0 Å². The molecular formula is C22H26N4O2. The zero-order valence-electron chi connectivity index (χ0n) is 16.2. The highest BCUT2D eigenvalue weighted by atomic mass is 16.2. The summed E-state index contributed by atoms with van der Waals surface area (Å²) in [4.78, 5) is 27.7. The lowest BCUT2D eigenvalue weighted by Crippen LogP contribution is -2.36. The van der Waals surface area contributed by atoms with Gasteiger partial charge in [0.15, 0.2) is 0 Å². The van der Waals surface area contributed by atoms with E-state index in [1.165, 1.54) is 0 Å². The van der Waals surface area contributed by atoms with Gasteiger partial charge in [-0.05, 0) is 49.1 Å². The summed E-state index contributed by atoms with van der Waals surface area (Å²) in [6.45, 7) is 3.81. The van der Waals surface area contributed by atoms with E-state index in [9.17, 15) is 9.59 Å². The minimum Gasteiger partial charge on any atom is -0.398 e. The average Bonchev–Trinajstić information content (AvgIpc) is 2.98. The number of anilines is 2. The van der Waals surface area contributed by atoms with E-state index in [4.69, 9.17) is 5.73 Å². The van der Waals surface area contributed by atoms with Crippen LogP contribution in [-0.4, -0.2) is 21.6 Å². The van der Waals surface area contributed by atoms with Gasteiger partial charge in [-0.25, -0.2) is 4.79 Å². The number of imidazole rings is 1. The van der Waals surface area contributed by atoms with Crippen molar-refractivity contribution < 1.29 is 4.79 Å². The van der Waals surface area contributed by atoms with Crippen molar-refractivity contribution in [2.45, 2.75) is 45.7 Å². The van der Waals surface area contributed by atoms with Crippen molar-refractivity contribution in [2.24, 2.45) is 0 Å². The molecule has 0 spiro atoms. The number of fused-ring (bicyclic) bond motifs is 2. The molecule has 2 aromatic carbocycles. The van der Waals surface area contributed by atoms with Gasteiger partial charge >= 0.3 is 5.69 Å². The fourth-order valence-corrected chi connectivity index (χ4v) is 4.18. The molecule has 0 aliphatic carbocycles. The molecule has 0 unspecified atom stereocenters. The van der Waals surface area contributed by atoms with Crippen LogP contribution in [0, 0.1) is 0 Å². The van der Waals surface area contributed by atoms with E-state index < -0.39 is 0 Å². The summed E-state index contributed by atoms with van der Waals surface area (Å²) < 4.78 is 3.53. The molecule has 2 N–H and O–H groups in total. The van der Waals surface area contributed by atoms with Crippen molar-refractivity contribution in [1.29, 1.82) is 0 Å². The second kappa shape index (κ2) is 7.54. The van der Waals surface area contributed by atoms with Gasteiger partial charge in [0.25, 0.3) is 0 Å². The molecule has 0 saturated heterocycles. The fourth-order valence-electron chi connectivity index (χ4n) is 4.18. The Morgan fingerprint density at radius 1 is 1.04 bits per heavy atom. The molecule has 1 aliphatic heterocycles. The summed E-state index contributed by atoms with van der Waals surface area (Å²) in [5, 5.41) is 0. The molecule has 0 radical (unpaired) electrons. The third-order valence-electron chi connectivity index (χ3n) is 5.51. The molecule has 1 amide bonds. The first-order chi connectivity index (χ1) is 13.6. The Morgan fingerprint density at radius 2 is 1.75 bits per heavy atom. The molecule has 3 aromatic rings. The van der Waals surface area contributed by atoms with Crippen molar-refractivity contribution in [3.8, 4) is 0 Å². The van der Waals surface area contributed by atoms with Crippen molar-refractivity contribution in [1.82, 2.24) is 9.13 Å². The molecular weight excluding hydrogens is 352 g/mol. The van der Waals surface area contributed by atoms with Gasteiger partial charge in [0.1, 0.15) is 0 Å². The molecule has 0 fully saturated rings. The lowest BCUT2D eigenvalue weighted by atomic mass is 9.99. The number of rotatable bonds is 5. The Bertz CT molecular complexity index is 1080. The van der Waals surface area contributed by atoms with Gasteiger partial charge in [-0.1, -0.05) is 25.1 Å². The largest absolute Gasteiger partial charge is 0.398 e. The molecule has 2 heterocycles. The normalized spacial score (nSPS) is 13.7. The molecule has 0 bridgehead atoms. The summed E-state index contributed by atoms with van der Waals surface area (Å²) in [7, 11) is 0. The smallest absolute Gasteiger partial charge is 0.329 e. The first-order valence-corrected chi connectivity index (χ1v) is 9.97. The zero-order valence-corrected chi connectivity index (χ0v) is 16.2. The van der Waals surface area contributed by atoms with Crippen LogP contribution in [0.5, 0.6) is 0 Å². The van der Waals surface area contributed by atoms with E-state index in [0.29, 0.717) is 19.6 Å². The maximum absolute atomic E-state index is 13.0. The summed E-state index contributed by atoms with van der Waals surface area (Å²) in [5.41, 5.74) is 10.6.